The molecule has 0 bridgehead atoms. The van der Waals surface area contributed by atoms with Crippen LogP contribution in [0.1, 0.15) is 32.4 Å². The van der Waals surface area contributed by atoms with Crippen molar-refractivity contribution < 1.29 is 9.84 Å². The maximum atomic E-state index is 11.7. The largest absolute Gasteiger partial charge is 0.488 e. The van der Waals surface area contributed by atoms with Gasteiger partial charge < -0.3 is 14.4 Å². The summed E-state index contributed by atoms with van der Waals surface area (Å²) < 4.78 is 6.76. The van der Waals surface area contributed by atoms with Gasteiger partial charge in [0, 0.05) is 18.3 Å². The van der Waals surface area contributed by atoms with E-state index in [1.807, 2.05) is 13.8 Å². The van der Waals surface area contributed by atoms with Gasteiger partial charge >= 0.3 is 0 Å². The first-order valence-electron chi connectivity index (χ1n) is 5.15. The fraction of sp³-hybridized carbons (Fsp3) is 0.545. The van der Waals surface area contributed by atoms with E-state index < -0.39 is 6.10 Å². The lowest BCUT2D eigenvalue weighted by Crippen LogP contribution is -2.22. The van der Waals surface area contributed by atoms with Gasteiger partial charge in [0.25, 0.3) is 5.56 Å². The zero-order valence-corrected chi connectivity index (χ0v) is 9.36. The van der Waals surface area contributed by atoms with Crippen molar-refractivity contribution in [1.82, 2.24) is 4.57 Å². The zero-order chi connectivity index (χ0) is 11.4. The normalized spacial score (nSPS) is 12.5. The van der Waals surface area contributed by atoms with Crippen LogP contribution < -0.4 is 10.3 Å². The number of aliphatic hydroxyl groups is 1. The third-order valence-electron chi connectivity index (χ3n) is 2.20. The van der Waals surface area contributed by atoms with E-state index in [9.17, 15) is 9.90 Å². The van der Waals surface area contributed by atoms with Gasteiger partial charge in [0.05, 0.1) is 12.7 Å². The molecule has 1 atom stereocenters. The Balaban J connectivity index is 3.25. The SMILES string of the molecule is CCOc1cc(C(C)O)cn(CC)c1=O. The Morgan fingerprint density at radius 1 is 1.53 bits per heavy atom. The number of hydrogen-bond donors (Lipinski definition) is 1. The summed E-state index contributed by atoms with van der Waals surface area (Å²) in [7, 11) is 0. The molecule has 1 N–H and O–H groups in total. The van der Waals surface area contributed by atoms with Crippen molar-refractivity contribution in [2.24, 2.45) is 0 Å². The standard InChI is InChI=1S/C11H17NO3/c1-4-12-7-9(8(3)13)6-10(11(12)14)15-5-2/h6-8,13H,4-5H2,1-3H3. The van der Waals surface area contributed by atoms with Crippen LogP contribution in [-0.2, 0) is 6.54 Å². The molecule has 15 heavy (non-hydrogen) atoms. The number of hydrogen-bond acceptors (Lipinski definition) is 3. The molecular formula is C11H17NO3. The van der Waals surface area contributed by atoms with E-state index in [2.05, 4.69) is 0 Å². The average Bonchev–Trinajstić information content (AvgIpc) is 2.21. The van der Waals surface area contributed by atoms with Gasteiger partial charge in [-0.3, -0.25) is 4.79 Å². The summed E-state index contributed by atoms with van der Waals surface area (Å²) in [5, 5.41) is 9.46. The molecule has 0 radical (unpaired) electrons. The van der Waals surface area contributed by atoms with Crippen molar-refractivity contribution in [2.45, 2.75) is 33.4 Å². The second kappa shape index (κ2) is 4.98. The maximum Gasteiger partial charge on any atom is 0.292 e. The maximum absolute atomic E-state index is 11.7. The van der Waals surface area contributed by atoms with Crippen LogP contribution in [0.25, 0.3) is 0 Å². The minimum absolute atomic E-state index is 0.149. The highest BCUT2D eigenvalue weighted by atomic mass is 16.5. The van der Waals surface area contributed by atoms with Crippen LogP contribution in [0.2, 0.25) is 0 Å². The lowest BCUT2D eigenvalue weighted by Gasteiger charge is -2.11. The molecular weight excluding hydrogens is 194 g/mol. The molecule has 0 amide bonds. The lowest BCUT2D eigenvalue weighted by molar-refractivity contribution is 0.197. The predicted octanol–water partition coefficient (Wildman–Crippen LogP) is 1.32. The molecule has 4 heteroatoms. The van der Waals surface area contributed by atoms with E-state index in [0.29, 0.717) is 24.5 Å². The summed E-state index contributed by atoms with van der Waals surface area (Å²) >= 11 is 0. The summed E-state index contributed by atoms with van der Waals surface area (Å²) in [4.78, 5) is 11.7. The van der Waals surface area contributed by atoms with Crippen LogP contribution in [0, 0.1) is 0 Å². The van der Waals surface area contributed by atoms with Gasteiger partial charge in [-0.05, 0) is 26.8 Å². The van der Waals surface area contributed by atoms with Crippen LogP contribution >= 0.6 is 0 Å². The van der Waals surface area contributed by atoms with E-state index in [1.165, 1.54) is 4.57 Å². The van der Waals surface area contributed by atoms with Crippen LogP contribution in [0.4, 0.5) is 0 Å². The number of aryl methyl sites for hydroxylation is 1. The highest BCUT2D eigenvalue weighted by Gasteiger charge is 2.09. The molecule has 0 aliphatic heterocycles. The molecule has 4 nitrogen and oxygen atoms in total. The molecule has 0 saturated carbocycles. The molecule has 0 aliphatic carbocycles. The van der Waals surface area contributed by atoms with E-state index >= 15 is 0 Å². The fourth-order valence-electron chi connectivity index (χ4n) is 1.35. The molecule has 1 unspecified atom stereocenters. The highest BCUT2D eigenvalue weighted by Crippen LogP contribution is 2.15. The number of pyridine rings is 1. The van der Waals surface area contributed by atoms with E-state index in [0.717, 1.165) is 0 Å². The van der Waals surface area contributed by atoms with Crippen molar-refractivity contribution >= 4 is 0 Å². The van der Waals surface area contributed by atoms with Crippen LogP contribution in [-0.4, -0.2) is 16.3 Å². The molecule has 0 aromatic carbocycles. The zero-order valence-electron chi connectivity index (χ0n) is 9.36. The van der Waals surface area contributed by atoms with Gasteiger partial charge in [-0.2, -0.15) is 0 Å². The summed E-state index contributed by atoms with van der Waals surface area (Å²) in [5.74, 6) is 0.303. The third-order valence-corrected chi connectivity index (χ3v) is 2.20. The second-order valence-corrected chi connectivity index (χ2v) is 3.34. The van der Waals surface area contributed by atoms with Crippen molar-refractivity contribution in [3.63, 3.8) is 0 Å². The number of aromatic nitrogens is 1. The lowest BCUT2D eigenvalue weighted by atomic mass is 10.2. The summed E-state index contributed by atoms with van der Waals surface area (Å²) in [6, 6.07) is 1.60. The number of aliphatic hydroxyl groups excluding tert-OH is 1. The fourth-order valence-corrected chi connectivity index (χ4v) is 1.35. The summed E-state index contributed by atoms with van der Waals surface area (Å²) in [6.07, 6.45) is 1.07. The van der Waals surface area contributed by atoms with Crippen LogP contribution in [0.5, 0.6) is 5.75 Å². The number of nitrogens with zero attached hydrogens (tertiary/aromatic N) is 1. The van der Waals surface area contributed by atoms with Crippen LogP contribution in [0.3, 0.4) is 0 Å². The molecule has 1 aromatic heterocycles. The van der Waals surface area contributed by atoms with Crippen molar-refractivity contribution in [1.29, 1.82) is 0 Å². The average molecular weight is 211 g/mol. The van der Waals surface area contributed by atoms with E-state index in [1.54, 1.807) is 19.2 Å². The monoisotopic (exact) mass is 211 g/mol. The first-order chi connectivity index (χ1) is 7.10. The molecule has 0 fully saturated rings. The molecule has 1 rings (SSSR count). The molecule has 0 aliphatic rings. The second-order valence-electron chi connectivity index (χ2n) is 3.34. The molecule has 1 aromatic rings. The van der Waals surface area contributed by atoms with Gasteiger partial charge in [-0.1, -0.05) is 0 Å². The molecule has 1 heterocycles. The summed E-state index contributed by atoms with van der Waals surface area (Å²) in [6.45, 7) is 6.38. The topological polar surface area (TPSA) is 51.5 Å². The van der Waals surface area contributed by atoms with Crippen molar-refractivity contribution in [2.75, 3.05) is 6.61 Å². The first-order valence-corrected chi connectivity index (χ1v) is 5.15. The van der Waals surface area contributed by atoms with E-state index in [-0.39, 0.29) is 5.56 Å². The highest BCUT2D eigenvalue weighted by molar-refractivity contribution is 5.26. The third kappa shape index (κ3) is 2.59. The first kappa shape index (κ1) is 11.8. The van der Waals surface area contributed by atoms with E-state index in [4.69, 9.17) is 4.74 Å². The van der Waals surface area contributed by atoms with Crippen LogP contribution in [0.15, 0.2) is 17.1 Å². The van der Waals surface area contributed by atoms with Crippen molar-refractivity contribution in [3.05, 3.63) is 28.2 Å². The van der Waals surface area contributed by atoms with Gasteiger partial charge in [-0.25, -0.2) is 0 Å². The molecule has 84 valence electrons. The number of rotatable bonds is 4. The molecule has 0 saturated heterocycles. The van der Waals surface area contributed by atoms with Gasteiger partial charge in [0.2, 0.25) is 0 Å². The Hall–Kier alpha value is -1.29. The Morgan fingerprint density at radius 2 is 2.20 bits per heavy atom. The Bertz CT molecular complexity index is 382. The predicted molar refractivity (Wildman–Crippen MR) is 58.2 cm³/mol. The minimum Gasteiger partial charge on any atom is -0.488 e. The Morgan fingerprint density at radius 3 is 2.67 bits per heavy atom. The van der Waals surface area contributed by atoms with Gasteiger partial charge in [0.1, 0.15) is 0 Å². The molecule has 0 spiro atoms. The minimum atomic E-state index is -0.595. The quantitative estimate of drug-likeness (QED) is 0.817. The van der Waals surface area contributed by atoms with Crippen molar-refractivity contribution in [3.8, 4) is 5.75 Å². The summed E-state index contributed by atoms with van der Waals surface area (Å²) in [5.41, 5.74) is 0.545. The Labute approximate surface area is 89.1 Å². The van der Waals surface area contributed by atoms with Gasteiger partial charge in [0.15, 0.2) is 5.75 Å². The Kier molecular flexibility index (Phi) is 3.91. The van der Waals surface area contributed by atoms with Gasteiger partial charge in [-0.15, -0.1) is 0 Å². The number of ether oxygens (including phenoxy) is 1. The smallest absolute Gasteiger partial charge is 0.292 e.